The first-order valence-electron chi connectivity index (χ1n) is 9.82. The number of hydrogen-bond acceptors (Lipinski definition) is 6. The molecule has 30 heavy (non-hydrogen) atoms. The summed E-state index contributed by atoms with van der Waals surface area (Å²) in [7, 11) is 4.85. The van der Waals surface area contributed by atoms with E-state index in [0.29, 0.717) is 30.3 Å². The van der Waals surface area contributed by atoms with Gasteiger partial charge >= 0.3 is 0 Å². The Balaban J connectivity index is 1.62. The van der Waals surface area contributed by atoms with Crippen molar-refractivity contribution in [1.29, 1.82) is 0 Å². The summed E-state index contributed by atoms with van der Waals surface area (Å²) in [5.74, 6) is 1.78. The Morgan fingerprint density at radius 2 is 1.73 bits per heavy atom. The van der Waals surface area contributed by atoms with Gasteiger partial charge in [-0.15, -0.1) is 0 Å². The number of nitrogens with zero attached hydrogens (tertiary/aromatic N) is 1. The lowest BCUT2D eigenvalue weighted by Crippen LogP contribution is -2.38. The second-order valence-electron chi connectivity index (χ2n) is 7.04. The first-order valence-corrected chi connectivity index (χ1v) is 9.82. The van der Waals surface area contributed by atoms with Gasteiger partial charge in [0.1, 0.15) is 30.0 Å². The van der Waals surface area contributed by atoms with Crippen molar-refractivity contribution in [2.45, 2.75) is 12.5 Å². The summed E-state index contributed by atoms with van der Waals surface area (Å²) in [6.07, 6.45) is 2.17. The van der Waals surface area contributed by atoms with Crippen LogP contribution in [0.25, 0.3) is 5.57 Å². The first-order chi connectivity index (χ1) is 14.5. The molecule has 0 fully saturated rings. The van der Waals surface area contributed by atoms with Crippen molar-refractivity contribution in [1.82, 2.24) is 4.90 Å². The Morgan fingerprint density at radius 3 is 2.30 bits per heavy atom. The molecule has 1 N–H and O–H groups in total. The molecule has 1 heterocycles. The zero-order chi connectivity index (χ0) is 21.5. The predicted molar refractivity (Wildman–Crippen MR) is 113 cm³/mol. The Labute approximate surface area is 176 Å². The molecule has 1 aliphatic rings. The molecule has 0 aliphatic carbocycles. The normalized spacial score (nSPS) is 15.3. The predicted octanol–water partition coefficient (Wildman–Crippen LogP) is 3.38. The third-order valence-electron chi connectivity index (χ3n) is 5.07. The van der Waals surface area contributed by atoms with Crippen LogP contribution in [0.1, 0.15) is 12.0 Å². The van der Waals surface area contributed by atoms with Crippen LogP contribution in [-0.4, -0.2) is 63.7 Å². The highest BCUT2D eigenvalue weighted by Crippen LogP contribution is 2.40. The highest BCUT2D eigenvalue weighted by Gasteiger charge is 2.22. The molecule has 1 unspecified atom stereocenters. The topological polar surface area (TPSA) is 60.4 Å². The van der Waals surface area contributed by atoms with Crippen molar-refractivity contribution in [2.75, 3.05) is 47.6 Å². The van der Waals surface area contributed by atoms with Gasteiger partial charge in [0.2, 0.25) is 0 Å². The van der Waals surface area contributed by atoms with Gasteiger partial charge in [0.25, 0.3) is 0 Å². The average molecular weight is 417 g/mol. The van der Waals surface area contributed by atoms with Gasteiger partial charge < -0.3 is 24.1 Å². The number of benzene rings is 2. The summed E-state index contributed by atoms with van der Waals surface area (Å²) in [5, 5.41) is 10.3. The number of hydrogen-bond donors (Lipinski definition) is 1. The molecule has 0 saturated heterocycles. The van der Waals surface area contributed by atoms with E-state index in [2.05, 4.69) is 11.0 Å². The number of β-amino-alcohol motifs (C(OH)–C–C–N with tert-alkyl or cyclic N) is 1. The molecule has 0 saturated carbocycles. The maximum atomic E-state index is 13.6. The molecule has 0 bridgehead atoms. The number of para-hydroxylation sites is 1. The van der Waals surface area contributed by atoms with Crippen molar-refractivity contribution in [3.63, 3.8) is 0 Å². The number of aliphatic hydroxyl groups excluding tert-OH is 1. The molecule has 3 rings (SSSR count). The lowest BCUT2D eigenvalue weighted by Gasteiger charge is -2.29. The Kier molecular flexibility index (Phi) is 7.54. The molecule has 162 valence electrons. The standard InChI is InChI=1S/C23H28FNO5/c1-27-18-12-21(28-2)23(22(13-18)29-3)16-8-10-25(11-9-16)14-17(26)15-30-20-7-5-4-6-19(20)24/h4-8,12-13,17,26H,9-11,14-15H2,1-3H3. The second-order valence-corrected chi connectivity index (χ2v) is 7.04. The second kappa shape index (κ2) is 10.3. The van der Waals surface area contributed by atoms with E-state index in [1.54, 1.807) is 39.5 Å². The molecule has 6 nitrogen and oxygen atoms in total. The summed E-state index contributed by atoms with van der Waals surface area (Å²) in [6, 6.07) is 9.87. The molecule has 1 aliphatic heterocycles. The third-order valence-corrected chi connectivity index (χ3v) is 5.07. The fraction of sp³-hybridized carbons (Fsp3) is 0.391. The van der Waals surface area contributed by atoms with Crippen molar-refractivity contribution in [3.05, 3.63) is 53.9 Å². The molecule has 0 aromatic heterocycles. The lowest BCUT2D eigenvalue weighted by molar-refractivity contribution is 0.0702. The van der Waals surface area contributed by atoms with E-state index in [1.165, 1.54) is 6.07 Å². The van der Waals surface area contributed by atoms with E-state index in [4.69, 9.17) is 18.9 Å². The van der Waals surface area contributed by atoms with Gasteiger partial charge in [0.05, 0.1) is 26.9 Å². The minimum Gasteiger partial charge on any atom is -0.496 e. The van der Waals surface area contributed by atoms with Crippen LogP contribution in [0.5, 0.6) is 23.0 Å². The van der Waals surface area contributed by atoms with Crippen molar-refractivity contribution < 1.29 is 28.4 Å². The number of ether oxygens (including phenoxy) is 4. The van der Waals surface area contributed by atoms with Gasteiger partial charge in [-0.2, -0.15) is 0 Å². The third kappa shape index (κ3) is 5.23. The monoisotopic (exact) mass is 417 g/mol. The molecule has 0 amide bonds. The molecular formula is C23H28FNO5. The highest BCUT2D eigenvalue weighted by atomic mass is 19.1. The summed E-state index contributed by atoms with van der Waals surface area (Å²) in [4.78, 5) is 2.13. The molecule has 7 heteroatoms. The summed E-state index contributed by atoms with van der Waals surface area (Å²) in [6.45, 7) is 1.91. The fourth-order valence-electron chi connectivity index (χ4n) is 3.52. The SMILES string of the molecule is COc1cc(OC)c(C2=CCN(CC(O)COc3ccccc3F)CC2)c(OC)c1. The van der Waals surface area contributed by atoms with Crippen LogP contribution in [0.3, 0.4) is 0 Å². The van der Waals surface area contributed by atoms with E-state index in [0.717, 1.165) is 24.1 Å². The van der Waals surface area contributed by atoms with E-state index in [-0.39, 0.29) is 12.4 Å². The fourth-order valence-corrected chi connectivity index (χ4v) is 3.52. The molecule has 1 atom stereocenters. The number of methoxy groups -OCH3 is 3. The molecule has 0 radical (unpaired) electrons. The first kappa shape index (κ1) is 21.9. The van der Waals surface area contributed by atoms with E-state index >= 15 is 0 Å². The average Bonchev–Trinajstić information content (AvgIpc) is 2.78. The van der Waals surface area contributed by atoms with Crippen LogP contribution in [0.4, 0.5) is 4.39 Å². The minimum atomic E-state index is -0.718. The minimum absolute atomic E-state index is 0.0358. The van der Waals surface area contributed by atoms with Gasteiger partial charge in [-0.1, -0.05) is 18.2 Å². The largest absolute Gasteiger partial charge is 0.496 e. The van der Waals surface area contributed by atoms with Gasteiger partial charge in [-0.3, -0.25) is 4.90 Å². The van der Waals surface area contributed by atoms with Gasteiger partial charge in [0, 0.05) is 31.8 Å². The highest BCUT2D eigenvalue weighted by molar-refractivity contribution is 5.77. The maximum Gasteiger partial charge on any atom is 0.165 e. The van der Waals surface area contributed by atoms with Crippen LogP contribution in [0.2, 0.25) is 0 Å². The van der Waals surface area contributed by atoms with E-state index in [9.17, 15) is 9.50 Å². The zero-order valence-corrected chi connectivity index (χ0v) is 17.6. The van der Waals surface area contributed by atoms with E-state index in [1.807, 2.05) is 12.1 Å². The zero-order valence-electron chi connectivity index (χ0n) is 17.6. The molecule has 2 aromatic rings. The van der Waals surface area contributed by atoms with Gasteiger partial charge in [-0.05, 0) is 24.1 Å². The molecule has 0 spiro atoms. The Bertz CT molecular complexity index is 861. The van der Waals surface area contributed by atoms with Gasteiger partial charge in [0.15, 0.2) is 11.6 Å². The van der Waals surface area contributed by atoms with Crippen molar-refractivity contribution >= 4 is 5.57 Å². The van der Waals surface area contributed by atoms with Crippen molar-refractivity contribution in [2.24, 2.45) is 0 Å². The smallest absolute Gasteiger partial charge is 0.165 e. The molecule has 2 aromatic carbocycles. The van der Waals surface area contributed by atoms with Crippen LogP contribution in [-0.2, 0) is 0 Å². The Morgan fingerprint density at radius 1 is 1.03 bits per heavy atom. The van der Waals surface area contributed by atoms with Crippen LogP contribution in [0, 0.1) is 5.82 Å². The quantitative estimate of drug-likeness (QED) is 0.675. The van der Waals surface area contributed by atoms with Crippen LogP contribution in [0.15, 0.2) is 42.5 Å². The van der Waals surface area contributed by atoms with Crippen molar-refractivity contribution in [3.8, 4) is 23.0 Å². The van der Waals surface area contributed by atoms with Crippen LogP contribution >= 0.6 is 0 Å². The number of rotatable bonds is 9. The number of halogens is 1. The lowest BCUT2D eigenvalue weighted by atomic mass is 9.97. The molecular weight excluding hydrogens is 389 g/mol. The number of aliphatic hydroxyl groups is 1. The van der Waals surface area contributed by atoms with Gasteiger partial charge in [-0.25, -0.2) is 4.39 Å². The summed E-state index contributed by atoms with van der Waals surface area (Å²) < 4.78 is 35.4. The van der Waals surface area contributed by atoms with Crippen LogP contribution < -0.4 is 18.9 Å². The summed E-state index contributed by atoms with van der Waals surface area (Å²) >= 11 is 0. The Hall–Kier alpha value is -2.77. The van der Waals surface area contributed by atoms with E-state index < -0.39 is 11.9 Å². The summed E-state index contributed by atoms with van der Waals surface area (Å²) in [5.41, 5.74) is 2.04. The maximum absolute atomic E-state index is 13.6.